The van der Waals surface area contributed by atoms with E-state index >= 15 is 0 Å². The summed E-state index contributed by atoms with van der Waals surface area (Å²) in [6.07, 6.45) is -1.11. The van der Waals surface area contributed by atoms with E-state index in [1.807, 2.05) is 0 Å². The molecule has 2 saturated heterocycles. The second kappa shape index (κ2) is 9.14. The Kier molecular flexibility index (Phi) is 5.99. The van der Waals surface area contributed by atoms with E-state index in [4.69, 9.17) is 25.9 Å². The van der Waals surface area contributed by atoms with Crippen LogP contribution in [0.3, 0.4) is 0 Å². The van der Waals surface area contributed by atoms with Gasteiger partial charge in [-0.1, -0.05) is 11.6 Å². The largest absolute Gasteiger partial charge is 0.497 e. The number of non-ortho nitro benzene ring substituents is 1. The Labute approximate surface area is 210 Å². The Morgan fingerprint density at radius 1 is 0.917 bits per heavy atom. The standard InChI is InChI=1S/C25H20ClN3O7/c1-34-18-11-12-19(20(13-18)35-2)22-21-23(36-28(22)16-5-3-14(26)4-6-16)25(31)27(24(21)30)15-7-9-17(10-8-15)29(32)33/h3-13,21-23H,1-2H3/t21-,22-,23+/m1/s1. The fraction of sp³-hybridized carbons (Fsp3) is 0.200. The fourth-order valence-corrected chi connectivity index (χ4v) is 4.71. The molecule has 36 heavy (non-hydrogen) atoms. The van der Waals surface area contributed by atoms with E-state index in [1.54, 1.807) is 42.5 Å². The predicted octanol–water partition coefficient (Wildman–Crippen LogP) is 4.32. The molecule has 2 fully saturated rings. The van der Waals surface area contributed by atoms with Gasteiger partial charge in [0.25, 0.3) is 11.6 Å². The van der Waals surface area contributed by atoms with Crippen molar-refractivity contribution in [2.45, 2.75) is 12.1 Å². The van der Waals surface area contributed by atoms with Crippen molar-refractivity contribution in [3.63, 3.8) is 0 Å². The summed E-state index contributed by atoms with van der Waals surface area (Å²) < 4.78 is 10.9. The molecule has 2 amide bonds. The zero-order valence-electron chi connectivity index (χ0n) is 19.2. The molecule has 0 N–H and O–H groups in total. The highest BCUT2D eigenvalue weighted by atomic mass is 35.5. The zero-order valence-corrected chi connectivity index (χ0v) is 19.9. The number of hydroxylamine groups is 1. The number of imide groups is 1. The van der Waals surface area contributed by atoms with Crippen molar-refractivity contribution in [3.8, 4) is 11.5 Å². The molecule has 0 aliphatic carbocycles. The SMILES string of the molecule is COc1ccc([C@@H]2[C@H]3C(=O)N(c4ccc([N+](=O)[O-])cc4)C(=O)[C@H]3ON2c2ccc(Cl)cc2)c(OC)c1. The number of ether oxygens (including phenoxy) is 2. The molecule has 0 unspecified atom stereocenters. The molecule has 3 atom stereocenters. The number of methoxy groups -OCH3 is 2. The minimum absolute atomic E-state index is 0.149. The topological polar surface area (TPSA) is 111 Å². The molecule has 3 aromatic carbocycles. The Bertz CT molecular complexity index is 1350. The maximum atomic E-state index is 13.7. The number of hydrogen-bond donors (Lipinski definition) is 0. The molecule has 2 aliphatic rings. The van der Waals surface area contributed by atoms with Crippen LogP contribution in [-0.4, -0.2) is 37.1 Å². The molecule has 0 aromatic heterocycles. The average molecular weight is 510 g/mol. The minimum Gasteiger partial charge on any atom is -0.497 e. The van der Waals surface area contributed by atoms with Crippen LogP contribution in [0.5, 0.6) is 11.5 Å². The van der Waals surface area contributed by atoms with Crippen LogP contribution in [0, 0.1) is 16.0 Å². The van der Waals surface area contributed by atoms with Gasteiger partial charge in [0.1, 0.15) is 17.4 Å². The van der Waals surface area contributed by atoms with E-state index in [-0.39, 0.29) is 11.4 Å². The van der Waals surface area contributed by atoms with Crippen LogP contribution in [0.25, 0.3) is 0 Å². The highest BCUT2D eigenvalue weighted by molar-refractivity contribution is 6.30. The van der Waals surface area contributed by atoms with Gasteiger partial charge >= 0.3 is 0 Å². The third-order valence-corrected chi connectivity index (χ3v) is 6.53. The van der Waals surface area contributed by atoms with Gasteiger partial charge < -0.3 is 9.47 Å². The molecule has 3 aromatic rings. The third kappa shape index (κ3) is 3.80. The third-order valence-electron chi connectivity index (χ3n) is 6.27. The summed E-state index contributed by atoms with van der Waals surface area (Å²) in [6, 6.07) is 16.5. The van der Waals surface area contributed by atoms with Gasteiger partial charge in [-0.15, -0.1) is 0 Å². The monoisotopic (exact) mass is 509 g/mol. The number of amides is 2. The van der Waals surface area contributed by atoms with Gasteiger partial charge in [-0.05, 0) is 48.5 Å². The second-order valence-corrected chi connectivity index (χ2v) is 8.63. The van der Waals surface area contributed by atoms with E-state index < -0.39 is 34.8 Å². The Balaban J connectivity index is 1.59. The molecule has 0 bridgehead atoms. The van der Waals surface area contributed by atoms with Crippen LogP contribution < -0.4 is 19.4 Å². The van der Waals surface area contributed by atoms with Crippen LogP contribution in [0.15, 0.2) is 66.7 Å². The highest BCUT2D eigenvalue weighted by Crippen LogP contribution is 2.50. The predicted molar refractivity (Wildman–Crippen MR) is 130 cm³/mol. The van der Waals surface area contributed by atoms with Crippen LogP contribution in [0.1, 0.15) is 11.6 Å². The van der Waals surface area contributed by atoms with Gasteiger partial charge in [0, 0.05) is 28.8 Å². The van der Waals surface area contributed by atoms with Crippen molar-refractivity contribution < 1.29 is 28.8 Å². The summed E-state index contributed by atoms with van der Waals surface area (Å²) in [6.45, 7) is 0. The van der Waals surface area contributed by atoms with Gasteiger partial charge in [-0.2, -0.15) is 0 Å². The molecule has 2 aliphatic heterocycles. The first kappa shape index (κ1) is 23.6. The van der Waals surface area contributed by atoms with Gasteiger partial charge in [0.2, 0.25) is 5.91 Å². The number of hydrogen-bond acceptors (Lipinski definition) is 8. The minimum atomic E-state index is -1.11. The summed E-state index contributed by atoms with van der Waals surface area (Å²) in [5.74, 6) is -0.946. The highest BCUT2D eigenvalue weighted by Gasteiger charge is 2.60. The van der Waals surface area contributed by atoms with Gasteiger partial charge in [0.05, 0.1) is 36.6 Å². The van der Waals surface area contributed by atoms with Crippen molar-refractivity contribution in [2.24, 2.45) is 5.92 Å². The van der Waals surface area contributed by atoms with Gasteiger partial charge in [-0.25, -0.2) is 9.96 Å². The summed E-state index contributed by atoms with van der Waals surface area (Å²) >= 11 is 6.06. The summed E-state index contributed by atoms with van der Waals surface area (Å²) in [7, 11) is 3.04. The van der Waals surface area contributed by atoms with Crippen molar-refractivity contribution in [1.29, 1.82) is 0 Å². The summed E-state index contributed by atoms with van der Waals surface area (Å²) in [5, 5.41) is 13.1. The van der Waals surface area contributed by atoms with Crippen LogP contribution in [0.2, 0.25) is 5.02 Å². The molecule has 11 heteroatoms. The number of anilines is 2. The van der Waals surface area contributed by atoms with E-state index in [1.165, 1.54) is 43.5 Å². The van der Waals surface area contributed by atoms with E-state index in [0.29, 0.717) is 27.8 Å². The average Bonchev–Trinajstić information content (AvgIpc) is 3.39. The summed E-state index contributed by atoms with van der Waals surface area (Å²) in [4.78, 5) is 44.8. The van der Waals surface area contributed by atoms with Crippen molar-refractivity contribution in [3.05, 3.63) is 87.4 Å². The maximum absolute atomic E-state index is 13.7. The number of fused-ring (bicyclic) bond motifs is 1. The number of benzene rings is 3. The molecule has 0 radical (unpaired) electrons. The maximum Gasteiger partial charge on any atom is 0.269 e. The molecule has 184 valence electrons. The Morgan fingerprint density at radius 3 is 2.19 bits per heavy atom. The van der Waals surface area contributed by atoms with Gasteiger partial charge in [-0.3, -0.25) is 24.5 Å². The smallest absolute Gasteiger partial charge is 0.269 e. The first-order chi connectivity index (χ1) is 17.3. The van der Waals surface area contributed by atoms with E-state index in [2.05, 4.69) is 0 Å². The lowest BCUT2D eigenvalue weighted by molar-refractivity contribution is -0.384. The first-order valence-corrected chi connectivity index (χ1v) is 11.3. The second-order valence-electron chi connectivity index (χ2n) is 8.19. The lowest BCUT2D eigenvalue weighted by Crippen LogP contribution is -2.37. The van der Waals surface area contributed by atoms with Crippen molar-refractivity contribution >= 4 is 40.5 Å². The molecule has 2 heterocycles. The number of rotatable bonds is 6. The molecular weight excluding hydrogens is 490 g/mol. The number of halogens is 1. The molecular formula is C25H20ClN3O7. The molecule has 0 spiro atoms. The van der Waals surface area contributed by atoms with Crippen LogP contribution in [0.4, 0.5) is 17.1 Å². The Hall–Kier alpha value is -4.15. The van der Waals surface area contributed by atoms with Gasteiger partial charge in [0.15, 0.2) is 6.10 Å². The lowest BCUT2D eigenvalue weighted by Gasteiger charge is -2.29. The number of carbonyl (C=O) groups is 2. The van der Waals surface area contributed by atoms with E-state index in [9.17, 15) is 19.7 Å². The summed E-state index contributed by atoms with van der Waals surface area (Å²) in [5.41, 5.74) is 1.29. The van der Waals surface area contributed by atoms with Crippen LogP contribution >= 0.6 is 11.6 Å². The van der Waals surface area contributed by atoms with Crippen molar-refractivity contribution in [2.75, 3.05) is 24.2 Å². The number of nitro benzene ring substituents is 1. The molecule has 0 saturated carbocycles. The first-order valence-electron chi connectivity index (χ1n) is 10.9. The Morgan fingerprint density at radius 2 is 1.58 bits per heavy atom. The van der Waals surface area contributed by atoms with Crippen molar-refractivity contribution in [1.82, 2.24) is 0 Å². The number of carbonyl (C=O) groups excluding carboxylic acids is 2. The number of nitro groups is 1. The number of nitrogens with zero attached hydrogens (tertiary/aromatic N) is 3. The molecule has 5 rings (SSSR count). The quantitative estimate of drug-likeness (QED) is 0.274. The fourth-order valence-electron chi connectivity index (χ4n) is 4.58. The lowest BCUT2D eigenvalue weighted by atomic mass is 9.90. The van der Waals surface area contributed by atoms with Crippen LogP contribution in [-0.2, 0) is 14.4 Å². The molecule has 10 nitrogen and oxygen atoms in total. The zero-order chi connectivity index (χ0) is 25.6. The van der Waals surface area contributed by atoms with E-state index in [0.717, 1.165) is 4.90 Å². The normalized spacial score (nSPS) is 21.0.